The molecular formula is C9H15ClN2O. The van der Waals surface area contributed by atoms with Crippen LogP contribution in [0.15, 0.2) is 11.6 Å². The SMILES string of the molecule is C=C(Cl)CNCCC(=O)NC1CC1. The summed E-state index contributed by atoms with van der Waals surface area (Å²) in [6, 6.07) is 0.454. The first kappa shape index (κ1) is 10.5. The molecule has 0 heterocycles. The van der Waals surface area contributed by atoms with E-state index in [9.17, 15) is 4.79 Å². The van der Waals surface area contributed by atoms with Gasteiger partial charge in [0.1, 0.15) is 0 Å². The number of nitrogens with one attached hydrogen (secondary N) is 2. The zero-order valence-electron chi connectivity index (χ0n) is 7.61. The molecule has 0 unspecified atom stereocenters. The van der Waals surface area contributed by atoms with E-state index in [1.165, 1.54) is 0 Å². The van der Waals surface area contributed by atoms with Crippen LogP contribution in [0.25, 0.3) is 0 Å². The van der Waals surface area contributed by atoms with E-state index in [4.69, 9.17) is 11.6 Å². The van der Waals surface area contributed by atoms with E-state index in [1.54, 1.807) is 0 Å². The van der Waals surface area contributed by atoms with Crippen LogP contribution in [0.2, 0.25) is 0 Å². The third-order valence-electron chi connectivity index (χ3n) is 1.79. The van der Waals surface area contributed by atoms with E-state index >= 15 is 0 Å². The summed E-state index contributed by atoms with van der Waals surface area (Å²) in [6.45, 7) is 4.76. The average molecular weight is 203 g/mol. The monoisotopic (exact) mass is 202 g/mol. The maximum Gasteiger partial charge on any atom is 0.221 e. The first-order valence-corrected chi connectivity index (χ1v) is 4.89. The largest absolute Gasteiger partial charge is 0.353 e. The Kier molecular flexibility index (Phi) is 4.25. The molecule has 0 aromatic rings. The number of carbonyl (C=O) groups is 1. The number of hydrogen-bond donors (Lipinski definition) is 2. The van der Waals surface area contributed by atoms with Gasteiger partial charge in [-0.1, -0.05) is 18.2 Å². The van der Waals surface area contributed by atoms with Crippen LogP contribution in [0, 0.1) is 0 Å². The molecule has 0 aliphatic heterocycles. The molecule has 0 radical (unpaired) electrons. The minimum atomic E-state index is 0.121. The zero-order chi connectivity index (χ0) is 9.68. The first-order chi connectivity index (χ1) is 6.18. The lowest BCUT2D eigenvalue weighted by Gasteiger charge is -2.03. The van der Waals surface area contributed by atoms with E-state index in [0.29, 0.717) is 30.6 Å². The molecule has 0 atom stereocenters. The van der Waals surface area contributed by atoms with Gasteiger partial charge >= 0.3 is 0 Å². The van der Waals surface area contributed by atoms with Crippen molar-refractivity contribution in [3.63, 3.8) is 0 Å². The van der Waals surface area contributed by atoms with Crippen LogP contribution in [0.5, 0.6) is 0 Å². The summed E-state index contributed by atoms with van der Waals surface area (Å²) >= 11 is 5.53. The van der Waals surface area contributed by atoms with E-state index in [0.717, 1.165) is 12.8 Å². The molecule has 1 rings (SSSR count). The lowest BCUT2D eigenvalue weighted by Crippen LogP contribution is -2.29. The topological polar surface area (TPSA) is 41.1 Å². The molecule has 3 nitrogen and oxygen atoms in total. The molecule has 1 fully saturated rings. The molecule has 0 aromatic carbocycles. The second-order valence-corrected chi connectivity index (χ2v) is 3.82. The summed E-state index contributed by atoms with van der Waals surface area (Å²) in [4.78, 5) is 11.1. The normalized spacial score (nSPS) is 15.5. The Morgan fingerprint density at radius 1 is 1.54 bits per heavy atom. The highest BCUT2D eigenvalue weighted by molar-refractivity contribution is 6.29. The average Bonchev–Trinajstić information content (AvgIpc) is 2.81. The second-order valence-electron chi connectivity index (χ2n) is 3.29. The minimum absolute atomic E-state index is 0.121. The summed E-state index contributed by atoms with van der Waals surface area (Å²) < 4.78 is 0. The van der Waals surface area contributed by atoms with Crippen LogP contribution in [0.3, 0.4) is 0 Å². The van der Waals surface area contributed by atoms with Gasteiger partial charge in [0, 0.05) is 30.6 Å². The van der Waals surface area contributed by atoms with Crippen molar-refractivity contribution >= 4 is 17.5 Å². The predicted molar refractivity (Wildman–Crippen MR) is 53.6 cm³/mol. The van der Waals surface area contributed by atoms with Gasteiger partial charge in [0.2, 0.25) is 5.91 Å². The molecule has 1 aliphatic rings. The Labute approximate surface area is 83.5 Å². The van der Waals surface area contributed by atoms with E-state index < -0.39 is 0 Å². The highest BCUT2D eigenvalue weighted by atomic mass is 35.5. The number of hydrogen-bond acceptors (Lipinski definition) is 2. The Morgan fingerprint density at radius 3 is 2.77 bits per heavy atom. The Hall–Kier alpha value is -0.540. The molecule has 0 aromatic heterocycles. The number of carbonyl (C=O) groups excluding carboxylic acids is 1. The molecule has 0 bridgehead atoms. The van der Waals surface area contributed by atoms with Gasteiger partial charge in [-0.3, -0.25) is 4.79 Å². The van der Waals surface area contributed by atoms with E-state index in [-0.39, 0.29) is 5.91 Å². The van der Waals surface area contributed by atoms with Crippen LogP contribution in [0.4, 0.5) is 0 Å². The fraction of sp³-hybridized carbons (Fsp3) is 0.667. The van der Waals surface area contributed by atoms with Gasteiger partial charge in [-0.25, -0.2) is 0 Å². The van der Waals surface area contributed by atoms with Gasteiger partial charge < -0.3 is 10.6 Å². The van der Waals surface area contributed by atoms with Gasteiger partial charge in [0.15, 0.2) is 0 Å². The van der Waals surface area contributed by atoms with Crippen molar-refractivity contribution in [2.75, 3.05) is 13.1 Å². The lowest BCUT2D eigenvalue weighted by molar-refractivity contribution is -0.121. The van der Waals surface area contributed by atoms with Crippen molar-refractivity contribution in [3.8, 4) is 0 Å². The molecule has 74 valence electrons. The lowest BCUT2D eigenvalue weighted by atomic mass is 10.4. The molecule has 1 amide bonds. The van der Waals surface area contributed by atoms with Crippen LogP contribution in [-0.2, 0) is 4.79 Å². The summed E-state index contributed by atoms with van der Waals surface area (Å²) in [5, 5.41) is 6.50. The summed E-state index contributed by atoms with van der Waals surface area (Å²) in [5.74, 6) is 0.121. The van der Waals surface area contributed by atoms with E-state index in [1.807, 2.05) is 0 Å². The Bertz CT molecular complexity index is 202. The van der Waals surface area contributed by atoms with Crippen molar-refractivity contribution < 1.29 is 4.79 Å². The van der Waals surface area contributed by atoms with Crippen molar-refractivity contribution in [1.82, 2.24) is 10.6 Å². The molecular weight excluding hydrogens is 188 g/mol. The minimum Gasteiger partial charge on any atom is -0.353 e. The molecule has 4 heteroatoms. The van der Waals surface area contributed by atoms with Crippen LogP contribution < -0.4 is 10.6 Å². The van der Waals surface area contributed by atoms with E-state index in [2.05, 4.69) is 17.2 Å². The quantitative estimate of drug-likeness (QED) is 0.631. The smallest absolute Gasteiger partial charge is 0.221 e. The molecule has 0 saturated heterocycles. The number of amides is 1. The predicted octanol–water partition coefficient (Wildman–Crippen LogP) is 0.997. The zero-order valence-corrected chi connectivity index (χ0v) is 8.36. The second kappa shape index (κ2) is 5.25. The highest BCUT2D eigenvalue weighted by Gasteiger charge is 2.22. The molecule has 1 aliphatic carbocycles. The molecule has 0 spiro atoms. The van der Waals surface area contributed by atoms with Gasteiger partial charge in [-0.05, 0) is 12.8 Å². The summed E-state index contributed by atoms with van der Waals surface area (Å²) in [6.07, 6.45) is 2.79. The summed E-state index contributed by atoms with van der Waals surface area (Å²) in [5.41, 5.74) is 0. The fourth-order valence-electron chi connectivity index (χ4n) is 0.953. The number of halogens is 1. The van der Waals surface area contributed by atoms with Crippen LogP contribution >= 0.6 is 11.6 Å². The number of rotatable bonds is 6. The Morgan fingerprint density at radius 2 is 2.23 bits per heavy atom. The molecule has 2 N–H and O–H groups in total. The van der Waals surface area contributed by atoms with Crippen LogP contribution in [0.1, 0.15) is 19.3 Å². The van der Waals surface area contributed by atoms with Crippen molar-refractivity contribution in [3.05, 3.63) is 11.6 Å². The summed E-state index contributed by atoms with van der Waals surface area (Å²) in [7, 11) is 0. The highest BCUT2D eigenvalue weighted by Crippen LogP contribution is 2.18. The van der Waals surface area contributed by atoms with Crippen molar-refractivity contribution in [2.24, 2.45) is 0 Å². The van der Waals surface area contributed by atoms with Crippen molar-refractivity contribution in [2.45, 2.75) is 25.3 Å². The van der Waals surface area contributed by atoms with Gasteiger partial charge in [-0.15, -0.1) is 0 Å². The molecule has 1 saturated carbocycles. The third-order valence-corrected chi connectivity index (χ3v) is 1.92. The Balaban J connectivity index is 1.91. The third kappa shape index (κ3) is 5.66. The standard InChI is InChI=1S/C9H15ClN2O/c1-7(10)6-11-5-4-9(13)12-8-2-3-8/h8,11H,1-6H2,(H,12,13). The maximum absolute atomic E-state index is 11.1. The maximum atomic E-state index is 11.1. The van der Waals surface area contributed by atoms with Crippen molar-refractivity contribution in [1.29, 1.82) is 0 Å². The van der Waals surface area contributed by atoms with Crippen LogP contribution in [-0.4, -0.2) is 25.0 Å². The van der Waals surface area contributed by atoms with Gasteiger partial charge in [0.05, 0.1) is 0 Å². The fourth-order valence-corrected chi connectivity index (χ4v) is 1.05. The van der Waals surface area contributed by atoms with Gasteiger partial charge in [0.25, 0.3) is 0 Å². The molecule has 13 heavy (non-hydrogen) atoms. The first-order valence-electron chi connectivity index (χ1n) is 4.52. The van der Waals surface area contributed by atoms with Gasteiger partial charge in [-0.2, -0.15) is 0 Å².